The van der Waals surface area contributed by atoms with E-state index in [1.54, 1.807) is 0 Å². The zero-order valence-corrected chi connectivity index (χ0v) is 16.6. The van der Waals surface area contributed by atoms with E-state index in [4.69, 9.17) is 12.2 Å². The fraction of sp³-hybridized carbons (Fsp3) is 0.619. The number of thiocarbonyl (C=S) groups is 1. The van der Waals surface area contributed by atoms with Crippen molar-refractivity contribution in [3.63, 3.8) is 0 Å². The summed E-state index contributed by atoms with van der Waals surface area (Å²) in [5, 5.41) is 7.66. The van der Waals surface area contributed by atoms with Crippen molar-refractivity contribution in [2.75, 3.05) is 5.32 Å². The molecule has 2 N–H and O–H groups in total. The standard InChI is InChI=1S/C21H29N3OS/c1-13-6-7-14(2)19(10-13)23-21(26)24-17-4-3-5-18(24)12-16(11-17)22-20(25)15-8-9-15/h6-7,10,15-18H,3-5,8-9,11-12H2,1-2H3,(H,22,25)(H,23,26)/t17-,18-/m1/s1. The minimum Gasteiger partial charge on any atom is -0.353 e. The minimum atomic E-state index is 0.276. The van der Waals surface area contributed by atoms with Crippen molar-refractivity contribution < 1.29 is 4.79 Å². The summed E-state index contributed by atoms with van der Waals surface area (Å²) in [6, 6.07) is 7.64. The highest BCUT2D eigenvalue weighted by Crippen LogP contribution is 2.36. The molecule has 3 aliphatic rings. The highest BCUT2D eigenvalue weighted by Gasteiger charge is 2.41. The Hall–Kier alpha value is -1.62. The first-order valence-electron chi connectivity index (χ1n) is 9.98. The van der Waals surface area contributed by atoms with Crippen molar-refractivity contribution in [3.8, 4) is 0 Å². The molecule has 0 aromatic heterocycles. The van der Waals surface area contributed by atoms with Crippen LogP contribution in [0, 0.1) is 19.8 Å². The first-order valence-corrected chi connectivity index (χ1v) is 10.4. The second-order valence-electron chi connectivity index (χ2n) is 8.35. The summed E-state index contributed by atoms with van der Waals surface area (Å²) in [7, 11) is 0. The third-order valence-corrected chi connectivity index (χ3v) is 6.45. The molecule has 2 aliphatic heterocycles. The molecule has 1 aromatic rings. The predicted molar refractivity (Wildman–Crippen MR) is 109 cm³/mol. The van der Waals surface area contributed by atoms with E-state index >= 15 is 0 Å². The van der Waals surface area contributed by atoms with Gasteiger partial charge in [-0.2, -0.15) is 0 Å². The van der Waals surface area contributed by atoms with Crippen molar-refractivity contribution in [1.29, 1.82) is 0 Å². The lowest BCUT2D eigenvalue weighted by Gasteiger charge is -2.50. The number of benzene rings is 1. The van der Waals surface area contributed by atoms with Crippen molar-refractivity contribution in [1.82, 2.24) is 10.2 Å². The van der Waals surface area contributed by atoms with E-state index < -0.39 is 0 Å². The minimum absolute atomic E-state index is 0.276. The molecule has 2 saturated heterocycles. The summed E-state index contributed by atoms with van der Waals surface area (Å²) in [6.45, 7) is 4.22. The van der Waals surface area contributed by atoms with Crippen LogP contribution in [0.5, 0.6) is 0 Å². The monoisotopic (exact) mass is 371 g/mol. The average molecular weight is 372 g/mol. The molecule has 2 heterocycles. The maximum Gasteiger partial charge on any atom is 0.223 e. The molecule has 4 rings (SSSR count). The quantitative estimate of drug-likeness (QED) is 0.791. The van der Waals surface area contributed by atoms with Crippen LogP contribution in [0.1, 0.15) is 56.1 Å². The Labute approximate surface area is 161 Å². The Balaban J connectivity index is 1.44. The number of amides is 1. The number of fused-ring (bicyclic) bond motifs is 2. The molecule has 5 heteroatoms. The van der Waals surface area contributed by atoms with Crippen LogP contribution in [0.15, 0.2) is 18.2 Å². The Bertz CT molecular complexity index is 701. The van der Waals surface area contributed by atoms with Crippen LogP contribution in [0.25, 0.3) is 0 Å². The molecule has 2 bridgehead atoms. The van der Waals surface area contributed by atoms with Gasteiger partial charge in [0.2, 0.25) is 5.91 Å². The van der Waals surface area contributed by atoms with E-state index in [9.17, 15) is 4.79 Å². The number of hydrogen-bond acceptors (Lipinski definition) is 2. The highest BCUT2D eigenvalue weighted by atomic mass is 32.1. The van der Waals surface area contributed by atoms with Gasteiger partial charge in [-0.15, -0.1) is 0 Å². The van der Waals surface area contributed by atoms with Crippen molar-refractivity contribution in [2.24, 2.45) is 5.92 Å². The summed E-state index contributed by atoms with van der Waals surface area (Å²) in [5.74, 6) is 0.567. The maximum atomic E-state index is 12.2. The number of carbonyl (C=O) groups excluding carboxylic acids is 1. The number of nitrogens with zero attached hydrogens (tertiary/aromatic N) is 1. The SMILES string of the molecule is Cc1ccc(C)c(NC(=S)N2[C@@H]3CCC[C@@H]2CC(NC(=O)C2CC2)C3)c1. The topological polar surface area (TPSA) is 44.4 Å². The highest BCUT2D eigenvalue weighted by molar-refractivity contribution is 7.80. The van der Waals surface area contributed by atoms with Gasteiger partial charge in [-0.25, -0.2) is 0 Å². The first-order chi connectivity index (χ1) is 12.5. The summed E-state index contributed by atoms with van der Waals surface area (Å²) in [6.07, 6.45) is 7.78. The van der Waals surface area contributed by atoms with Crippen LogP contribution in [0.4, 0.5) is 5.69 Å². The predicted octanol–water partition coefficient (Wildman–Crippen LogP) is 3.91. The van der Waals surface area contributed by atoms with Gasteiger partial charge in [0.05, 0.1) is 0 Å². The van der Waals surface area contributed by atoms with Crippen LogP contribution in [0.3, 0.4) is 0 Å². The van der Waals surface area contributed by atoms with Gasteiger partial charge in [-0.1, -0.05) is 12.1 Å². The maximum absolute atomic E-state index is 12.2. The molecule has 140 valence electrons. The van der Waals surface area contributed by atoms with Crippen molar-refractivity contribution in [3.05, 3.63) is 29.3 Å². The van der Waals surface area contributed by atoms with Crippen LogP contribution >= 0.6 is 12.2 Å². The largest absolute Gasteiger partial charge is 0.353 e. The number of carbonyl (C=O) groups is 1. The normalized spacial score (nSPS) is 27.8. The number of anilines is 1. The molecule has 4 nitrogen and oxygen atoms in total. The van der Waals surface area contributed by atoms with E-state index in [2.05, 4.69) is 47.6 Å². The molecule has 2 atom stereocenters. The fourth-order valence-electron chi connectivity index (χ4n) is 4.55. The summed E-state index contributed by atoms with van der Waals surface area (Å²) in [4.78, 5) is 14.6. The summed E-state index contributed by atoms with van der Waals surface area (Å²) < 4.78 is 0. The molecule has 0 spiro atoms. The summed E-state index contributed by atoms with van der Waals surface area (Å²) in [5.41, 5.74) is 3.56. The lowest BCUT2D eigenvalue weighted by Crippen LogP contribution is -2.59. The molecule has 26 heavy (non-hydrogen) atoms. The van der Waals surface area contributed by atoms with Crippen molar-refractivity contribution >= 4 is 28.9 Å². The molecule has 1 amide bonds. The molecule has 1 aliphatic carbocycles. The van der Waals surface area contributed by atoms with E-state index in [1.807, 2.05) is 0 Å². The van der Waals surface area contributed by atoms with Gasteiger partial charge in [-0.05, 0) is 88.2 Å². The van der Waals surface area contributed by atoms with Crippen LogP contribution in [0.2, 0.25) is 0 Å². The summed E-state index contributed by atoms with van der Waals surface area (Å²) >= 11 is 5.82. The third kappa shape index (κ3) is 3.73. The fourth-order valence-corrected chi connectivity index (χ4v) is 4.95. The van der Waals surface area contributed by atoms with Gasteiger partial charge in [0.25, 0.3) is 0 Å². The zero-order valence-electron chi connectivity index (χ0n) is 15.8. The van der Waals surface area contributed by atoms with Gasteiger partial charge < -0.3 is 15.5 Å². The number of hydrogen-bond donors (Lipinski definition) is 2. The van der Waals surface area contributed by atoms with Crippen LogP contribution in [-0.2, 0) is 4.79 Å². The van der Waals surface area contributed by atoms with E-state index in [0.29, 0.717) is 24.0 Å². The Morgan fingerprint density at radius 3 is 2.46 bits per heavy atom. The third-order valence-electron chi connectivity index (χ3n) is 6.14. The zero-order chi connectivity index (χ0) is 18.3. The molecule has 1 aromatic carbocycles. The number of nitrogens with one attached hydrogen (secondary N) is 2. The van der Waals surface area contributed by atoms with E-state index in [0.717, 1.165) is 36.5 Å². The van der Waals surface area contributed by atoms with Gasteiger partial charge >= 0.3 is 0 Å². The first kappa shape index (κ1) is 17.8. The Kier molecular flexibility index (Phi) is 4.91. The van der Waals surface area contributed by atoms with Gasteiger partial charge in [-0.3, -0.25) is 4.79 Å². The van der Waals surface area contributed by atoms with Gasteiger partial charge in [0.1, 0.15) is 0 Å². The van der Waals surface area contributed by atoms with Crippen LogP contribution in [-0.4, -0.2) is 34.0 Å². The number of rotatable bonds is 3. The molecule has 0 radical (unpaired) electrons. The molecular weight excluding hydrogens is 342 g/mol. The second kappa shape index (κ2) is 7.18. The molecule has 3 fully saturated rings. The second-order valence-corrected chi connectivity index (χ2v) is 8.73. The lowest BCUT2D eigenvalue weighted by atomic mass is 9.82. The number of piperidine rings is 2. The number of aryl methyl sites for hydroxylation is 2. The van der Waals surface area contributed by atoms with E-state index in [-0.39, 0.29) is 5.91 Å². The molecular formula is C21H29N3OS. The van der Waals surface area contributed by atoms with Crippen molar-refractivity contribution in [2.45, 2.75) is 76.9 Å². The van der Waals surface area contributed by atoms with Gasteiger partial charge in [0.15, 0.2) is 5.11 Å². The van der Waals surface area contributed by atoms with E-state index in [1.165, 1.54) is 30.4 Å². The lowest BCUT2D eigenvalue weighted by molar-refractivity contribution is -0.123. The molecule has 1 saturated carbocycles. The average Bonchev–Trinajstić information content (AvgIpc) is 3.42. The van der Waals surface area contributed by atoms with Gasteiger partial charge in [0, 0.05) is 29.7 Å². The Morgan fingerprint density at radius 2 is 1.81 bits per heavy atom. The smallest absolute Gasteiger partial charge is 0.223 e. The molecule has 0 unspecified atom stereocenters. The van der Waals surface area contributed by atoms with Crippen LogP contribution < -0.4 is 10.6 Å². The Morgan fingerprint density at radius 1 is 1.12 bits per heavy atom.